The van der Waals surface area contributed by atoms with E-state index in [4.69, 9.17) is 0 Å². The van der Waals surface area contributed by atoms with Crippen molar-refractivity contribution in [3.63, 3.8) is 0 Å². The average molecular weight is 239 g/mol. The minimum absolute atomic E-state index is 0.503. The van der Waals surface area contributed by atoms with Gasteiger partial charge in [-0.05, 0) is 44.2 Å². The molecular formula is C13H21NOS. The van der Waals surface area contributed by atoms with Crippen molar-refractivity contribution in [2.24, 2.45) is 0 Å². The fourth-order valence-electron chi connectivity index (χ4n) is 2.49. The summed E-state index contributed by atoms with van der Waals surface area (Å²) in [7, 11) is 0. The molecule has 0 amide bonds. The fraction of sp³-hybridized carbons (Fsp3) is 0.692. The molecule has 0 radical (unpaired) electrons. The highest BCUT2D eigenvalue weighted by Crippen LogP contribution is 2.24. The summed E-state index contributed by atoms with van der Waals surface area (Å²) in [5.41, 5.74) is -0.570. The molecule has 3 heteroatoms. The molecule has 2 rings (SSSR count). The van der Waals surface area contributed by atoms with E-state index in [-0.39, 0.29) is 0 Å². The zero-order valence-corrected chi connectivity index (χ0v) is 10.7. The summed E-state index contributed by atoms with van der Waals surface area (Å²) in [4.78, 5) is 1.28. The number of thiophene rings is 1. The van der Waals surface area contributed by atoms with Gasteiger partial charge >= 0.3 is 0 Å². The number of nitrogens with one attached hydrogen (secondary N) is 1. The Morgan fingerprint density at radius 3 is 3.06 bits per heavy atom. The molecule has 90 valence electrons. The van der Waals surface area contributed by atoms with Crippen LogP contribution in [0.1, 0.15) is 37.5 Å². The first-order valence-electron chi connectivity index (χ1n) is 6.14. The summed E-state index contributed by atoms with van der Waals surface area (Å²) in [6, 6.07) is 4.66. The second-order valence-corrected chi connectivity index (χ2v) is 6.14. The van der Waals surface area contributed by atoms with E-state index in [9.17, 15) is 5.11 Å². The minimum atomic E-state index is -0.570. The summed E-state index contributed by atoms with van der Waals surface area (Å²) >= 11 is 1.73. The van der Waals surface area contributed by atoms with Crippen LogP contribution in [0.5, 0.6) is 0 Å². The van der Waals surface area contributed by atoms with E-state index in [2.05, 4.69) is 22.8 Å². The van der Waals surface area contributed by atoms with Gasteiger partial charge in [0.25, 0.3) is 0 Å². The summed E-state index contributed by atoms with van der Waals surface area (Å²) < 4.78 is 0. The molecule has 2 unspecified atom stereocenters. The Morgan fingerprint density at radius 1 is 1.56 bits per heavy atom. The van der Waals surface area contributed by atoms with Crippen LogP contribution in [0.3, 0.4) is 0 Å². The minimum Gasteiger partial charge on any atom is -0.390 e. The molecule has 0 bridgehead atoms. The zero-order valence-electron chi connectivity index (χ0n) is 9.91. The normalized spacial score (nSPS) is 25.2. The van der Waals surface area contributed by atoms with Crippen molar-refractivity contribution in [1.29, 1.82) is 0 Å². The summed E-state index contributed by atoms with van der Waals surface area (Å²) in [6.45, 7) is 3.07. The number of rotatable bonds is 4. The highest BCUT2D eigenvalue weighted by Gasteiger charge is 2.26. The lowest BCUT2D eigenvalue weighted by molar-refractivity contribution is 0.0379. The van der Waals surface area contributed by atoms with Crippen molar-refractivity contribution in [2.45, 2.75) is 50.7 Å². The van der Waals surface area contributed by atoms with Gasteiger partial charge in [-0.25, -0.2) is 0 Å². The van der Waals surface area contributed by atoms with Crippen molar-refractivity contribution < 1.29 is 5.11 Å². The lowest BCUT2D eigenvalue weighted by Crippen LogP contribution is -2.41. The Labute approximate surface area is 102 Å². The average Bonchev–Trinajstić information content (AvgIpc) is 2.70. The van der Waals surface area contributed by atoms with E-state index in [1.54, 1.807) is 11.3 Å². The maximum atomic E-state index is 10.4. The monoisotopic (exact) mass is 239 g/mol. The van der Waals surface area contributed by atoms with Crippen LogP contribution in [0.25, 0.3) is 0 Å². The van der Waals surface area contributed by atoms with Crippen LogP contribution in [0, 0.1) is 0 Å². The SMILES string of the molecule is CC(O)(Cc1cccs1)CC1CCCCN1. The molecule has 2 N–H and O–H groups in total. The van der Waals surface area contributed by atoms with Crippen molar-refractivity contribution in [3.8, 4) is 0 Å². The first-order valence-corrected chi connectivity index (χ1v) is 7.02. The summed E-state index contributed by atoms with van der Waals surface area (Å²) in [5, 5.41) is 16.0. The summed E-state index contributed by atoms with van der Waals surface area (Å²) in [6.07, 6.45) is 5.44. The Hall–Kier alpha value is -0.380. The highest BCUT2D eigenvalue weighted by atomic mass is 32.1. The first-order chi connectivity index (χ1) is 7.66. The lowest BCUT2D eigenvalue weighted by Gasteiger charge is -2.31. The second kappa shape index (κ2) is 5.30. The standard InChI is InChI=1S/C13H21NOS/c1-13(15,10-12-6-4-8-16-12)9-11-5-2-3-7-14-11/h4,6,8,11,14-15H,2-3,5,7,9-10H2,1H3. The van der Waals surface area contributed by atoms with Gasteiger partial charge in [0, 0.05) is 17.3 Å². The van der Waals surface area contributed by atoms with Crippen molar-refractivity contribution >= 4 is 11.3 Å². The van der Waals surface area contributed by atoms with E-state index in [0.29, 0.717) is 6.04 Å². The third kappa shape index (κ3) is 3.58. The van der Waals surface area contributed by atoms with Gasteiger partial charge in [0.15, 0.2) is 0 Å². The molecule has 2 nitrogen and oxygen atoms in total. The molecule has 16 heavy (non-hydrogen) atoms. The van der Waals surface area contributed by atoms with Gasteiger partial charge in [-0.3, -0.25) is 0 Å². The van der Waals surface area contributed by atoms with Crippen LogP contribution in [0.15, 0.2) is 17.5 Å². The topological polar surface area (TPSA) is 32.3 Å². The smallest absolute Gasteiger partial charge is 0.0682 e. The van der Waals surface area contributed by atoms with Crippen LogP contribution >= 0.6 is 11.3 Å². The number of piperidine rings is 1. The molecule has 0 aliphatic carbocycles. The Morgan fingerprint density at radius 2 is 2.44 bits per heavy atom. The Bertz CT molecular complexity index is 302. The van der Waals surface area contributed by atoms with Crippen LogP contribution < -0.4 is 5.32 Å². The number of hydrogen-bond donors (Lipinski definition) is 2. The molecule has 2 atom stereocenters. The number of aliphatic hydroxyl groups is 1. The molecule has 1 aliphatic heterocycles. The lowest BCUT2D eigenvalue weighted by atomic mass is 9.89. The van der Waals surface area contributed by atoms with Gasteiger partial charge in [-0.15, -0.1) is 11.3 Å². The molecule has 1 saturated heterocycles. The number of hydrogen-bond acceptors (Lipinski definition) is 3. The molecule has 0 saturated carbocycles. The van der Waals surface area contributed by atoms with Crippen LogP contribution in [0.4, 0.5) is 0 Å². The third-order valence-electron chi connectivity index (χ3n) is 3.23. The molecular weight excluding hydrogens is 218 g/mol. The van der Waals surface area contributed by atoms with E-state index in [1.165, 1.54) is 24.1 Å². The van der Waals surface area contributed by atoms with Crippen LogP contribution in [-0.2, 0) is 6.42 Å². The maximum absolute atomic E-state index is 10.4. The molecule has 2 heterocycles. The largest absolute Gasteiger partial charge is 0.390 e. The van der Waals surface area contributed by atoms with Crippen molar-refractivity contribution in [1.82, 2.24) is 5.32 Å². The Balaban J connectivity index is 1.86. The highest BCUT2D eigenvalue weighted by molar-refractivity contribution is 7.09. The molecule has 1 fully saturated rings. The molecule has 1 aliphatic rings. The van der Waals surface area contributed by atoms with E-state index in [0.717, 1.165) is 19.4 Å². The summed E-state index contributed by atoms with van der Waals surface area (Å²) in [5.74, 6) is 0. The van der Waals surface area contributed by atoms with Gasteiger partial charge in [-0.2, -0.15) is 0 Å². The predicted molar refractivity (Wildman–Crippen MR) is 68.9 cm³/mol. The van der Waals surface area contributed by atoms with Crippen LogP contribution in [-0.4, -0.2) is 23.3 Å². The molecule has 1 aromatic heterocycles. The zero-order chi connectivity index (χ0) is 11.4. The van der Waals surface area contributed by atoms with Gasteiger partial charge in [-0.1, -0.05) is 12.5 Å². The maximum Gasteiger partial charge on any atom is 0.0682 e. The third-order valence-corrected chi connectivity index (χ3v) is 4.11. The van der Waals surface area contributed by atoms with E-state index in [1.807, 2.05) is 6.92 Å². The van der Waals surface area contributed by atoms with Crippen molar-refractivity contribution in [3.05, 3.63) is 22.4 Å². The van der Waals surface area contributed by atoms with Gasteiger partial charge in [0.1, 0.15) is 0 Å². The quantitative estimate of drug-likeness (QED) is 0.846. The predicted octanol–water partition coefficient (Wildman–Crippen LogP) is 2.57. The van der Waals surface area contributed by atoms with Gasteiger partial charge in [0.05, 0.1) is 5.60 Å². The van der Waals surface area contributed by atoms with Gasteiger partial charge in [0.2, 0.25) is 0 Å². The van der Waals surface area contributed by atoms with Gasteiger partial charge < -0.3 is 10.4 Å². The first kappa shape index (κ1) is 12.1. The van der Waals surface area contributed by atoms with E-state index >= 15 is 0 Å². The van der Waals surface area contributed by atoms with Crippen molar-refractivity contribution in [2.75, 3.05) is 6.54 Å². The van der Waals surface area contributed by atoms with E-state index < -0.39 is 5.60 Å². The van der Waals surface area contributed by atoms with Crippen LogP contribution in [0.2, 0.25) is 0 Å². The molecule has 0 aromatic carbocycles. The molecule has 1 aromatic rings. The molecule has 0 spiro atoms. The fourth-order valence-corrected chi connectivity index (χ4v) is 3.37. The Kier molecular flexibility index (Phi) is 4.00. The second-order valence-electron chi connectivity index (χ2n) is 5.10.